The average molecular weight is 466 g/mol. The van der Waals surface area contributed by atoms with Crippen molar-refractivity contribution in [1.29, 1.82) is 0 Å². The maximum atomic E-state index is 14.2. The molecule has 1 amide bonds. The van der Waals surface area contributed by atoms with E-state index >= 15 is 0 Å². The van der Waals surface area contributed by atoms with Crippen molar-refractivity contribution < 1.29 is 27.1 Å². The van der Waals surface area contributed by atoms with Crippen LogP contribution in [0.15, 0.2) is 66.3 Å². The van der Waals surface area contributed by atoms with Gasteiger partial charge in [-0.05, 0) is 43.3 Å². The molecule has 6 nitrogen and oxygen atoms in total. The lowest BCUT2D eigenvalue weighted by Gasteiger charge is -2.14. The van der Waals surface area contributed by atoms with Crippen LogP contribution in [0.3, 0.4) is 0 Å². The number of allylic oxidation sites excluding steroid dienone is 1. The van der Waals surface area contributed by atoms with E-state index in [-0.39, 0.29) is 5.56 Å². The number of thioether (sulfide) groups is 1. The number of rotatable bonds is 8. The second-order valence-electron chi connectivity index (χ2n) is 6.51. The highest BCUT2D eigenvalue weighted by atomic mass is 32.2. The molecule has 1 heterocycles. The van der Waals surface area contributed by atoms with Crippen LogP contribution in [0.2, 0.25) is 0 Å². The van der Waals surface area contributed by atoms with Crippen LogP contribution in [0.5, 0.6) is 5.75 Å². The minimum absolute atomic E-state index is 0.270. The Kier molecular flexibility index (Phi) is 7.18. The summed E-state index contributed by atoms with van der Waals surface area (Å²) in [6.45, 7) is 5.63. The zero-order valence-electron chi connectivity index (χ0n) is 16.8. The number of aromatic nitrogens is 3. The molecule has 1 unspecified atom stereocenters. The average Bonchev–Trinajstić information content (AvgIpc) is 3.11. The van der Waals surface area contributed by atoms with Gasteiger partial charge in [0.25, 0.3) is 0 Å². The van der Waals surface area contributed by atoms with Crippen LogP contribution < -0.4 is 10.1 Å². The van der Waals surface area contributed by atoms with Crippen molar-refractivity contribution in [3.63, 3.8) is 0 Å². The first-order valence-corrected chi connectivity index (χ1v) is 10.2. The molecular weight excluding hydrogens is 448 g/mol. The van der Waals surface area contributed by atoms with E-state index in [9.17, 15) is 22.4 Å². The number of alkyl halides is 3. The van der Waals surface area contributed by atoms with Gasteiger partial charge in [0.05, 0.1) is 10.8 Å². The molecule has 0 radical (unpaired) electrons. The van der Waals surface area contributed by atoms with Gasteiger partial charge in [0, 0.05) is 12.2 Å². The number of nitrogens with zero attached hydrogens (tertiary/aromatic N) is 3. The van der Waals surface area contributed by atoms with Gasteiger partial charge >= 0.3 is 6.36 Å². The molecule has 1 atom stereocenters. The van der Waals surface area contributed by atoms with Crippen molar-refractivity contribution >= 4 is 23.4 Å². The van der Waals surface area contributed by atoms with Gasteiger partial charge in [0.2, 0.25) is 5.91 Å². The van der Waals surface area contributed by atoms with Gasteiger partial charge in [-0.25, -0.2) is 4.39 Å². The molecule has 0 saturated carbocycles. The highest BCUT2D eigenvalue weighted by Crippen LogP contribution is 2.29. The topological polar surface area (TPSA) is 69.0 Å². The number of nitrogens with one attached hydrogen (secondary N) is 1. The number of ether oxygens (including phenoxy) is 1. The van der Waals surface area contributed by atoms with E-state index in [2.05, 4.69) is 26.8 Å². The van der Waals surface area contributed by atoms with Crippen molar-refractivity contribution in [2.45, 2.75) is 30.2 Å². The summed E-state index contributed by atoms with van der Waals surface area (Å²) in [5.74, 6) is -0.944. The third-order valence-corrected chi connectivity index (χ3v) is 5.23. The molecule has 0 spiro atoms. The number of carbonyl (C=O) groups is 1. The fourth-order valence-electron chi connectivity index (χ4n) is 2.71. The first-order chi connectivity index (χ1) is 15.2. The Labute approximate surface area is 185 Å². The Hall–Kier alpha value is -3.34. The summed E-state index contributed by atoms with van der Waals surface area (Å²) in [5, 5.41) is 10.5. The van der Waals surface area contributed by atoms with Gasteiger partial charge in [0.1, 0.15) is 11.6 Å². The monoisotopic (exact) mass is 466 g/mol. The smallest absolute Gasteiger partial charge is 0.406 e. The maximum Gasteiger partial charge on any atom is 0.573 e. The summed E-state index contributed by atoms with van der Waals surface area (Å²) >= 11 is 1.10. The summed E-state index contributed by atoms with van der Waals surface area (Å²) in [6, 6.07) is 10.9. The molecule has 3 aromatic rings. The largest absolute Gasteiger partial charge is 0.573 e. The molecule has 2 aromatic carbocycles. The third-order valence-electron chi connectivity index (χ3n) is 4.15. The van der Waals surface area contributed by atoms with Crippen molar-refractivity contribution in [2.24, 2.45) is 0 Å². The standard InChI is InChI=1S/C21H18F4N4O2S/c1-3-12-29-18(16-6-4-5-7-17(16)22)27-28-20(29)32-13(2)19(30)26-14-8-10-15(11-9-14)31-21(23,24)25/h3-11,13H,1,12H2,2H3,(H,26,30). The molecule has 0 fully saturated rings. The highest BCUT2D eigenvalue weighted by Gasteiger charge is 2.31. The highest BCUT2D eigenvalue weighted by molar-refractivity contribution is 8.00. The summed E-state index contributed by atoms with van der Waals surface area (Å²) in [7, 11) is 0. The van der Waals surface area contributed by atoms with E-state index in [1.54, 1.807) is 35.8 Å². The van der Waals surface area contributed by atoms with Gasteiger partial charge in [-0.3, -0.25) is 9.36 Å². The van der Waals surface area contributed by atoms with Crippen LogP contribution in [0.25, 0.3) is 11.4 Å². The molecule has 3 rings (SSSR count). The number of hydrogen-bond acceptors (Lipinski definition) is 5. The Morgan fingerprint density at radius 1 is 1.22 bits per heavy atom. The van der Waals surface area contributed by atoms with Gasteiger partial charge in [-0.1, -0.05) is 30.0 Å². The van der Waals surface area contributed by atoms with E-state index in [4.69, 9.17) is 0 Å². The molecule has 168 valence electrons. The fourth-order valence-corrected chi connectivity index (χ4v) is 3.57. The zero-order valence-corrected chi connectivity index (χ0v) is 17.6. The fraction of sp³-hybridized carbons (Fsp3) is 0.190. The van der Waals surface area contributed by atoms with Crippen LogP contribution in [-0.4, -0.2) is 32.3 Å². The number of benzene rings is 2. The molecule has 0 bridgehead atoms. The Balaban J connectivity index is 1.71. The lowest BCUT2D eigenvalue weighted by molar-refractivity contribution is -0.274. The normalized spacial score (nSPS) is 12.3. The Bertz CT molecular complexity index is 1100. The van der Waals surface area contributed by atoms with E-state index < -0.39 is 29.1 Å². The van der Waals surface area contributed by atoms with E-state index in [0.717, 1.165) is 23.9 Å². The number of anilines is 1. The van der Waals surface area contributed by atoms with Crippen molar-refractivity contribution in [3.8, 4) is 17.1 Å². The molecule has 0 saturated heterocycles. The molecule has 1 N–H and O–H groups in total. The van der Waals surface area contributed by atoms with E-state index in [0.29, 0.717) is 23.2 Å². The summed E-state index contributed by atoms with van der Waals surface area (Å²) in [5.41, 5.74) is 0.573. The van der Waals surface area contributed by atoms with Crippen molar-refractivity contribution in [3.05, 3.63) is 67.0 Å². The Morgan fingerprint density at radius 3 is 2.53 bits per heavy atom. The third kappa shape index (κ3) is 5.88. The predicted octanol–water partition coefficient (Wildman–Crippen LogP) is 5.29. The summed E-state index contributed by atoms with van der Waals surface area (Å²) in [4.78, 5) is 12.5. The van der Waals surface area contributed by atoms with Crippen LogP contribution >= 0.6 is 11.8 Å². The second kappa shape index (κ2) is 9.86. The summed E-state index contributed by atoms with van der Waals surface area (Å²) in [6.07, 6.45) is -3.19. The van der Waals surface area contributed by atoms with Crippen molar-refractivity contribution in [2.75, 3.05) is 5.32 Å². The second-order valence-corrected chi connectivity index (χ2v) is 7.81. The molecule has 1 aromatic heterocycles. The molecule has 32 heavy (non-hydrogen) atoms. The van der Waals surface area contributed by atoms with Crippen LogP contribution in [0.1, 0.15) is 6.92 Å². The number of hydrogen-bond donors (Lipinski definition) is 1. The number of amides is 1. The lowest BCUT2D eigenvalue weighted by Crippen LogP contribution is -2.23. The Morgan fingerprint density at radius 2 is 1.91 bits per heavy atom. The van der Waals surface area contributed by atoms with E-state index in [1.165, 1.54) is 18.2 Å². The zero-order chi connectivity index (χ0) is 23.3. The first-order valence-electron chi connectivity index (χ1n) is 9.30. The quantitative estimate of drug-likeness (QED) is 0.278. The lowest BCUT2D eigenvalue weighted by atomic mass is 10.2. The molecular formula is C21H18F4N4O2S. The molecule has 0 aliphatic carbocycles. The van der Waals surface area contributed by atoms with Gasteiger partial charge < -0.3 is 10.1 Å². The van der Waals surface area contributed by atoms with E-state index in [1.807, 2.05) is 0 Å². The van der Waals surface area contributed by atoms with Gasteiger partial charge in [-0.15, -0.1) is 29.9 Å². The molecule has 0 aliphatic heterocycles. The number of carbonyl (C=O) groups excluding carboxylic acids is 1. The predicted molar refractivity (Wildman–Crippen MR) is 113 cm³/mol. The minimum atomic E-state index is -4.79. The molecule has 0 aliphatic rings. The van der Waals surface area contributed by atoms with Crippen LogP contribution in [-0.2, 0) is 11.3 Å². The van der Waals surface area contributed by atoms with Gasteiger partial charge in [0.15, 0.2) is 11.0 Å². The minimum Gasteiger partial charge on any atom is -0.406 e. The maximum absolute atomic E-state index is 14.2. The van der Waals surface area contributed by atoms with Gasteiger partial charge in [-0.2, -0.15) is 0 Å². The first kappa shape index (κ1) is 23.3. The van der Waals surface area contributed by atoms with Crippen LogP contribution in [0, 0.1) is 5.82 Å². The van der Waals surface area contributed by atoms with Crippen molar-refractivity contribution in [1.82, 2.24) is 14.8 Å². The van der Waals surface area contributed by atoms with Crippen LogP contribution in [0.4, 0.5) is 23.2 Å². The SMILES string of the molecule is C=CCn1c(SC(C)C(=O)Nc2ccc(OC(F)(F)F)cc2)nnc1-c1ccccc1F. The number of halogens is 4. The molecule has 11 heteroatoms. The summed E-state index contributed by atoms with van der Waals surface area (Å²) < 4.78 is 56.4.